The van der Waals surface area contributed by atoms with Gasteiger partial charge in [-0.25, -0.2) is 4.98 Å². The molecule has 1 aromatic carbocycles. The summed E-state index contributed by atoms with van der Waals surface area (Å²) in [7, 11) is 15.9. The van der Waals surface area contributed by atoms with Gasteiger partial charge in [-0.3, -0.25) is 4.79 Å². The van der Waals surface area contributed by atoms with Gasteiger partial charge >= 0.3 is 0 Å². The summed E-state index contributed by atoms with van der Waals surface area (Å²) < 4.78 is 12.5. The van der Waals surface area contributed by atoms with Gasteiger partial charge in [-0.1, -0.05) is 16.3 Å². The molecule has 0 radical (unpaired) electrons. The van der Waals surface area contributed by atoms with Gasteiger partial charge in [0, 0.05) is 42.0 Å². The van der Waals surface area contributed by atoms with Crippen LogP contribution in [-0.4, -0.2) is 104 Å². The van der Waals surface area contributed by atoms with Crippen LogP contribution in [0.3, 0.4) is 0 Å². The molecule has 40 heavy (non-hydrogen) atoms. The molecule has 1 saturated carbocycles. The second kappa shape index (κ2) is 11.2. The number of morpholine rings is 1. The molecule has 2 aliphatic heterocycles. The summed E-state index contributed by atoms with van der Waals surface area (Å²) in [5.41, 5.74) is 3.73. The van der Waals surface area contributed by atoms with Crippen molar-refractivity contribution in [3.8, 4) is 0 Å². The van der Waals surface area contributed by atoms with Gasteiger partial charge < -0.3 is 24.6 Å². The van der Waals surface area contributed by atoms with Gasteiger partial charge in [0.1, 0.15) is 13.7 Å². The van der Waals surface area contributed by atoms with Gasteiger partial charge in [0.05, 0.1) is 84.3 Å². The average molecular weight is 533 g/mol. The second-order valence-corrected chi connectivity index (χ2v) is 14.0. The topological polar surface area (TPSA) is 66.9 Å². The third kappa shape index (κ3) is 5.76. The third-order valence-electron chi connectivity index (χ3n) is 9.68. The molecule has 1 N–H and O–H groups in total. The Bertz CT molecular complexity index is 1210. The van der Waals surface area contributed by atoms with E-state index in [4.69, 9.17) is 9.47 Å². The van der Waals surface area contributed by atoms with Crippen LogP contribution in [0.1, 0.15) is 31.2 Å². The van der Waals surface area contributed by atoms with Crippen molar-refractivity contribution in [2.24, 2.45) is 5.92 Å². The first-order valence-corrected chi connectivity index (χ1v) is 15.0. The Hall–Kier alpha value is -2.19. The standard InChI is InChI=1S/C26H41B7N4O3/c27-24(25(28,29)30,26(31,32)33)40-19-6-3-16(4-7-19)23(38)37-15-17-2-1-9-34-22(17)35-20-8-5-18(14-21(20)37)36-10-12-39-13-11-36/h1-2,5,8-9,14,16,19H,3-4,6-7,10-13,15,27-33H2,(H,34,35)/t16-,19+. The fourth-order valence-electron chi connectivity index (χ4n) is 6.59. The summed E-state index contributed by atoms with van der Waals surface area (Å²) in [5, 5.41) is 3.51. The quantitative estimate of drug-likeness (QED) is 0.410. The van der Waals surface area contributed by atoms with Gasteiger partial charge in [0.2, 0.25) is 5.91 Å². The zero-order valence-electron chi connectivity index (χ0n) is 25.5. The number of aromatic nitrogens is 1. The van der Waals surface area contributed by atoms with Crippen molar-refractivity contribution in [2.75, 3.05) is 41.4 Å². The molecule has 5 rings (SSSR count). The van der Waals surface area contributed by atoms with Crippen molar-refractivity contribution in [3.63, 3.8) is 0 Å². The first kappa shape index (κ1) is 29.3. The highest BCUT2D eigenvalue weighted by atomic mass is 16.5. The summed E-state index contributed by atoms with van der Waals surface area (Å²) >= 11 is 0. The van der Waals surface area contributed by atoms with Crippen LogP contribution in [0.4, 0.5) is 22.9 Å². The molecule has 7 nitrogen and oxygen atoms in total. The predicted molar refractivity (Wildman–Crippen MR) is 183 cm³/mol. The molecule has 1 aliphatic carbocycles. The Morgan fingerprint density at radius 1 is 0.975 bits per heavy atom. The minimum Gasteiger partial charge on any atom is -0.384 e. The van der Waals surface area contributed by atoms with E-state index in [2.05, 4.69) is 94.4 Å². The molecular weight excluding hydrogens is 492 g/mol. The summed E-state index contributed by atoms with van der Waals surface area (Å²) in [6.07, 6.45) is 5.47. The summed E-state index contributed by atoms with van der Waals surface area (Å²) in [6, 6.07) is 10.4. The maximum absolute atomic E-state index is 14.3. The molecule has 1 amide bonds. The second-order valence-electron chi connectivity index (χ2n) is 14.0. The Kier molecular flexibility index (Phi) is 8.24. The zero-order chi connectivity index (χ0) is 28.7. The smallest absolute Gasteiger partial charge is 0.230 e. The maximum atomic E-state index is 14.3. The van der Waals surface area contributed by atoms with Crippen LogP contribution in [-0.2, 0) is 20.8 Å². The molecular formula is C26H41B7N4O3. The highest BCUT2D eigenvalue weighted by Crippen LogP contribution is 2.46. The molecule has 2 fully saturated rings. The lowest BCUT2D eigenvalue weighted by Gasteiger charge is -2.55. The number of amides is 1. The van der Waals surface area contributed by atoms with Crippen molar-refractivity contribution >= 4 is 83.7 Å². The van der Waals surface area contributed by atoms with Crippen molar-refractivity contribution in [3.05, 3.63) is 42.1 Å². The number of carbonyl (C=O) groups excluding carboxylic acids is 1. The van der Waals surface area contributed by atoms with Gasteiger partial charge in [0.25, 0.3) is 0 Å². The first-order valence-electron chi connectivity index (χ1n) is 15.0. The average Bonchev–Trinajstić information content (AvgIpc) is 3.08. The number of fused-ring (bicyclic) bond motifs is 2. The normalized spacial score (nSPS) is 22.0. The Labute approximate surface area is 246 Å². The van der Waals surface area contributed by atoms with E-state index in [0.717, 1.165) is 80.4 Å². The van der Waals surface area contributed by atoms with E-state index in [-0.39, 0.29) is 33.7 Å². The van der Waals surface area contributed by atoms with E-state index >= 15 is 0 Å². The number of anilines is 4. The Balaban J connectivity index is 1.37. The number of hydrogen-bond acceptors (Lipinski definition) is 6. The SMILES string of the molecule is BC(B)(B)C(B)(O[C@H]1CC[C@@H](C(=O)N2Cc3cccnc3Nc3ccc(N4CCOCC4)cc32)CC1)C(B)(B)B. The number of benzene rings is 1. The molecule has 204 valence electrons. The molecule has 3 aliphatic rings. The lowest BCUT2D eigenvalue weighted by Crippen LogP contribution is -2.59. The van der Waals surface area contributed by atoms with E-state index < -0.39 is 0 Å². The molecule has 1 aromatic heterocycles. The fraction of sp³-hybridized carbons (Fsp3) is 0.538. The van der Waals surface area contributed by atoms with Gasteiger partial charge in [-0.2, -0.15) is 0 Å². The molecule has 2 aromatic rings. The minimum atomic E-state index is -0.274. The first-order chi connectivity index (χ1) is 18.9. The van der Waals surface area contributed by atoms with Crippen molar-refractivity contribution in [1.82, 2.24) is 4.98 Å². The number of pyridine rings is 1. The van der Waals surface area contributed by atoms with Crippen LogP contribution in [0.25, 0.3) is 0 Å². The Morgan fingerprint density at radius 3 is 2.30 bits per heavy atom. The summed E-state index contributed by atoms with van der Waals surface area (Å²) in [5.74, 6) is 0.999. The monoisotopic (exact) mass is 534 g/mol. The predicted octanol–water partition coefficient (Wildman–Crippen LogP) is -2.64. The van der Waals surface area contributed by atoms with E-state index in [9.17, 15) is 4.79 Å². The van der Waals surface area contributed by atoms with Crippen LogP contribution in [0, 0.1) is 5.92 Å². The number of rotatable bonds is 6. The zero-order valence-corrected chi connectivity index (χ0v) is 25.5. The molecule has 14 heteroatoms. The number of nitrogens with one attached hydrogen (secondary N) is 1. The van der Waals surface area contributed by atoms with Crippen LogP contribution < -0.4 is 15.1 Å². The number of carbonyl (C=O) groups is 1. The van der Waals surface area contributed by atoms with Crippen LogP contribution in [0.2, 0.25) is 10.2 Å². The summed E-state index contributed by atoms with van der Waals surface area (Å²) in [4.78, 5) is 23.2. The number of ether oxygens (including phenoxy) is 2. The highest BCUT2D eigenvalue weighted by molar-refractivity contribution is 6.69. The number of hydrogen-bond donors (Lipinski definition) is 1. The summed E-state index contributed by atoms with van der Waals surface area (Å²) in [6.45, 7) is 3.67. The van der Waals surface area contributed by atoms with Gasteiger partial charge in [-0.05, 0) is 49.9 Å². The molecule has 0 unspecified atom stereocenters. The Morgan fingerprint density at radius 2 is 1.65 bits per heavy atom. The van der Waals surface area contributed by atoms with Crippen molar-refractivity contribution in [1.29, 1.82) is 0 Å². The van der Waals surface area contributed by atoms with Gasteiger partial charge in [0.15, 0.2) is 0 Å². The largest absolute Gasteiger partial charge is 0.384 e. The third-order valence-corrected chi connectivity index (χ3v) is 9.68. The van der Waals surface area contributed by atoms with E-state index in [1.165, 1.54) is 0 Å². The van der Waals surface area contributed by atoms with E-state index in [0.29, 0.717) is 6.54 Å². The minimum absolute atomic E-state index is 0.000293. The van der Waals surface area contributed by atoms with E-state index in [1.54, 1.807) is 6.20 Å². The molecule has 0 spiro atoms. The van der Waals surface area contributed by atoms with Crippen LogP contribution in [0.15, 0.2) is 36.5 Å². The van der Waals surface area contributed by atoms with Crippen LogP contribution in [0.5, 0.6) is 0 Å². The molecule has 1 saturated heterocycles. The van der Waals surface area contributed by atoms with Gasteiger partial charge in [-0.15, -0.1) is 0 Å². The lowest BCUT2D eigenvalue weighted by atomic mass is 9.19. The van der Waals surface area contributed by atoms with E-state index in [1.807, 2.05) is 11.0 Å². The maximum Gasteiger partial charge on any atom is 0.230 e. The highest BCUT2D eigenvalue weighted by Gasteiger charge is 2.48. The molecule has 3 heterocycles. The fourth-order valence-corrected chi connectivity index (χ4v) is 6.59. The number of nitrogens with zero attached hydrogens (tertiary/aromatic N) is 3. The molecule has 0 atom stereocenters. The lowest BCUT2D eigenvalue weighted by molar-refractivity contribution is -0.125. The van der Waals surface area contributed by atoms with Crippen molar-refractivity contribution in [2.45, 2.75) is 54.1 Å². The van der Waals surface area contributed by atoms with Crippen molar-refractivity contribution < 1.29 is 14.3 Å². The molecule has 0 bridgehead atoms. The van der Waals surface area contributed by atoms with Crippen LogP contribution >= 0.6 is 0 Å².